The first kappa shape index (κ1) is 12.0. The van der Waals surface area contributed by atoms with Gasteiger partial charge in [0, 0.05) is 12.6 Å². The molecule has 0 aromatic carbocycles. The van der Waals surface area contributed by atoms with Gasteiger partial charge in [-0.25, -0.2) is 0 Å². The molecule has 14 heavy (non-hydrogen) atoms. The topological polar surface area (TPSA) is 33.3 Å². The van der Waals surface area contributed by atoms with Gasteiger partial charge in [-0.15, -0.1) is 0 Å². The van der Waals surface area contributed by atoms with Crippen LogP contribution in [0.5, 0.6) is 0 Å². The van der Waals surface area contributed by atoms with E-state index in [1.165, 1.54) is 19.3 Å². The number of nitrogens with one attached hydrogen (secondary N) is 2. The van der Waals surface area contributed by atoms with Crippen molar-refractivity contribution < 1.29 is 4.74 Å². The Balaban J connectivity index is 1.66. The number of hydrogen-bond donors (Lipinski definition) is 2. The molecule has 3 heteroatoms. The minimum absolute atomic E-state index is 0.355. The van der Waals surface area contributed by atoms with Crippen LogP contribution in [0.1, 0.15) is 33.1 Å². The molecule has 1 saturated carbocycles. The molecule has 0 saturated heterocycles. The molecule has 1 fully saturated rings. The summed E-state index contributed by atoms with van der Waals surface area (Å²) in [6.07, 6.45) is 4.34. The van der Waals surface area contributed by atoms with Crippen molar-refractivity contribution in [2.75, 3.05) is 26.2 Å². The predicted octanol–water partition coefficient (Wildman–Crippen LogP) is 1.14. The van der Waals surface area contributed by atoms with Crippen LogP contribution in [-0.2, 0) is 4.74 Å². The van der Waals surface area contributed by atoms with E-state index in [1.54, 1.807) is 0 Å². The molecule has 0 bridgehead atoms. The van der Waals surface area contributed by atoms with Crippen LogP contribution < -0.4 is 10.6 Å². The molecule has 0 heterocycles. The first-order valence-corrected chi connectivity index (χ1v) is 5.84. The second kappa shape index (κ2) is 7.21. The van der Waals surface area contributed by atoms with Gasteiger partial charge in [0.15, 0.2) is 0 Å². The van der Waals surface area contributed by atoms with E-state index in [0.717, 1.165) is 32.3 Å². The van der Waals surface area contributed by atoms with E-state index >= 15 is 0 Å². The molecular formula is C11H24N2O. The van der Waals surface area contributed by atoms with E-state index in [9.17, 15) is 0 Å². The summed E-state index contributed by atoms with van der Waals surface area (Å²) in [6, 6.07) is 0.847. The molecule has 0 amide bonds. The van der Waals surface area contributed by atoms with Crippen molar-refractivity contribution in [1.82, 2.24) is 10.6 Å². The Kier molecular flexibility index (Phi) is 6.15. The van der Waals surface area contributed by atoms with Gasteiger partial charge in [0.05, 0.1) is 12.7 Å². The molecule has 1 aliphatic rings. The molecule has 2 N–H and O–H groups in total. The Hall–Kier alpha value is -0.120. The van der Waals surface area contributed by atoms with Gasteiger partial charge in [-0.05, 0) is 46.2 Å². The minimum Gasteiger partial charge on any atom is -0.377 e. The molecule has 0 aromatic rings. The molecule has 0 aromatic heterocycles. The number of ether oxygens (including phenoxy) is 1. The lowest BCUT2D eigenvalue weighted by Crippen LogP contribution is -2.26. The highest BCUT2D eigenvalue weighted by molar-refractivity contribution is 4.80. The van der Waals surface area contributed by atoms with Crippen LogP contribution >= 0.6 is 0 Å². The molecule has 1 aliphatic carbocycles. The SMILES string of the molecule is CC(C)OCCNCCCNC1CC1. The van der Waals surface area contributed by atoms with Gasteiger partial charge in [-0.1, -0.05) is 0 Å². The Bertz CT molecular complexity index is 127. The van der Waals surface area contributed by atoms with Gasteiger partial charge in [-0.3, -0.25) is 0 Å². The van der Waals surface area contributed by atoms with Crippen molar-refractivity contribution in [3.63, 3.8) is 0 Å². The van der Waals surface area contributed by atoms with E-state index in [2.05, 4.69) is 24.5 Å². The minimum atomic E-state index is 0.355. The molecule has 0 unspecified atom stereocenters. The maximum atomic E-state index is 5.42. The normalized spacial score (nSPS) is 16.5. The summed E-state index contributed by atoms with van der Waals surface area (Å²) in [5.41, 5.74) is 0. The molecule has 0 aliphatic heterocycles. The van der Waals surface area contributed by atoms with Gasteiger partial charge in [0.25, 0.3) is 0 Å². The van der Waals surface area contributed by atoms with Gasteiger partial charge in [0.2, 0.25) is 0 Å². The Labute approximate surface area is 87.6 Å². The Morgan fingerprint density at radius 2 is 2.00 bits per heavy atom. The lowest BCUT2D eigenvalue weighted by Gasteiger charge is -2.08. The quantitative estimate of drug-likeness (QED) is 0.548. The maximum absolute atomic E-state index is 5.42. The van der Waals surface area contributed by atoms with Gasteiger partial charge < -0.3 is 15.4 Å². The van der Waals surface area contributed by atoms with Gasteiger partial charge >= 0.3 is 0 Å². The smallest absolute Gasteiger partial charge is 0.0594 e. The largest absolute Gasteiger partial charge is 0.377 e. The zero-order valence-electron chi connectivity index (χ0n) is 9.51. The van der Waals surface area contributed by atoms with Crippen LogP contribution in [-0.4, -0.2) is 38.4 Å². The maximum Gasteiger partial charge on any atom is 0.0594 e. The van der Waals surface area contributed by atoms with E-state index in [-0.39, 0.29) is 0 Å². The van der Waals surface area contributed by atoms with Crippen molar-refractivity contribution in [3.8, 4) is 0 Å². The van der Waals surface area contributed by atoms with Crippen molar-refractivity contribution in [3.05, 3.63) is 0 Å². The fraction of sp³-hybridized carbons (Fsp3) is 1.00. The summed E-state index contributed by atoms with van der Waals surface area (Å²) in [5.74, 6) is 0. The van der Waals surface area contributed by atoms with Crippen molar-refractivity contribution in [2.45, 2.75) is 45.3 Å². The van der Waals surface area contributed by atoms with Crippen LogP contribution in [0.3, 0.4) is 0 Å². The van der Waals surface area contributed by atoms with Crippen LogP contribution in [0.2, 0.25) is 0 Å². The van der Waals surface area contributed by atoms with Crippen LogP contribution in [0.25, 0.3) is 0 Å². The lowest BCUT2D eigenvalue weighted by atomic mass is 10.4. The summed E-state index contributed by atoms with van der Waals surface area (Å²) < 4.78 is 5.42. The van der Waals surface area contributed by atoms with Crippen molar-refractivity contribution in [2.24, 2.45) is 0 Å². The van der Waals surface area contributed by atoms with Crippen molar-refractivity contribution in [1.29, 1.82) is 0 Å². The zero-order chi connectivity index (χ0) is 10.2. The van der Waals surface area contributed by atoms with E-state index in [0.29, 0.717) is 6.10 Å². The summed E-state index contributed by atoms with van der Waals surface area (Å²) in [5, 5.41) is 6.86. The van der Waals surface area contributed by atoms with Crippen LogP contribution in [0.15, 0.2) is 0 Å². The van der Waals surface area contributed by atoms with Crippen LogP contribution in [0, 0.1) is 0 Å². The Morgan fingerprint density at radius 1 is 1.21 bits per heavy atom. The fourth-order valence-corrected chi connectivity index (χ4v) is 1.30. The average Bonchev–Trinajstić information content (AvgIpc) is 2.92. The highest BCUT2D eigenvalue weighted by Crippen LogP contribution is 2.18. The second-order valence-electron chi connectivity index (χ2n) is 4.25. The van der Waals surface area contributed by atoms with Gasteiger partial charge in [0.1, 0.15) is 0 Å². The number of rotatable bonds is 9. The standard InChI is InChI=1S/C11H24N2O/c1-10(2)14-9-8-12-6-3-7-13-11-4-5-11/h10-13H,3-9H2,1-2H3. The van der Waals surface area contributed by atoms with Gasteiger partial charge in [-0.2, -0.15) is 0 Å². The highest BCUT2D eigenvalue weighted by atomic mass is 16.5. The summed E-state index contributed by atoms with van der Waals surface area (Å²) in [4.78, 5) is 0. The second-order valence-corrected chi connectivity index (χ2v) is 4.25. The fourth-order valence-electron chi connectivity index (χ4n) is 1.30. The molecule has 0 spiro atoms. The third-order valence-electron chi connectivity index (χ3n) is 2.27. The van der Waals surface area contributed by atoms with E-state index in [1.807, 2.05) is 0 Å². The third kappa shape index (κ3) is 7.30. The molecule has 1 rings (SSSR count). The first-order chi connectivity index (χ1) is 6.79. The average molecular weight is 200 g/mol. The van der Waals surface area contributed by atoms with E-state index in [4.69, 9.17) is 4.74 Å². The summed E-state index contributed by atoms with van der Waals surface area (Å²) >= 11 is 0. The Morgan fingerprint density at radius 3 is 2.64 bits per heavy atom. The molecule has 0 atom stereocenters. The lowest BCUT2D eigenvalue weighted by molar-refractivity contribution is 0.0809. The van der Waals surface area contributed by atoms with E-state index < -0.39 is 0 Å². The molecule has 3 nitrogen and oxygen atoms in total. The predicted molar refractivity (Wildman–Crippen MR) is 59.6 cm³/mol. The molecule has 84 valence electrons. The monoisotopic (exact) mass is 200 g/mol. The van der Waals surface area contributed by atoms with Crippen LogP contribution in [0.4, 0.5) is 0 Å². The third-order valence-corrected chi connectivity index (χ3v) is 2.27. The zero-order valence-corrected chi connectivity index (χ0v) is 9.51. The number of hydrogen-bond acceptors (Lipinski definition) is 3. The van der Waals surface area contributed by atoms with Crippen molar-refractivity contribution >= 4 is 0 Å². The highest BCUT2D eigenvalue weighted by Gasteiger charge is 2.19. The molecular weight excluding hydrogens is 176 g/mol. The first-order valence-electron chi connectivity index (χ1n) is 5.84. The summed E-state index contributed by atoms with van der Waals surface area (Å²) in [7, 11) is 0. The summed E-state index contributed by atoms with van der Waals surface area (Å²) in [6.45, 7) is 8.19. The molecule has 0 radical (unpaired) electrons.